The van der Waals surface area contributed by atoms with Crippen LogP contribution in [0.2, 0.25) is 0 Å². The summed E-state index contributed by atoms with van der Waals surface area (Å²) >= 11 is 8.54. The molecule has 0 aromatic heterocycles. The zero-order valence-corrected chi connectivity index (χ0v) is 21.5. The lowest BCUT2D eigenvalue weighted by molar-refractivity contribution is -0.123. The van der Waals surface area contributed by atoms with Crippen molar-refractivity contribution in [2.45, 2.75) is 26.2 Å². The number of carbonyl (C=O) groups is 2. The van der Waals surface area contributed by atoms with Gasteiger partial charge in [-0.3, -0.25) is 25.8 Å². The monoisotopic (exact) mass is 539 g/mol. The first-order valence-electron chi connectivity index (χ1n) is 10.6. The summed E-state index contributed by atoms with van der Waals surface area (Å²) in [7, 11) is 0. The van der Waals surface area contributed by atoms with Gasteiger partial charge in [-0.25, -0.2) is 0 Å². The van der Waals surface area contributed by atoms with E-state index in [4.69, 9.17) is 17.0 Å². The molecule has 8 heteroatoms. The first kappa shape index (κ1) is 25.4. The van der Waals surface area contributed by atoms with Crippen LogP contribution in [0.15, 0.2) is 71.2 Å². The largest absolute Gasteiger partial charge is 0.483 e. The standard InChI is InChI=1S/C26H26BrN3O3S/c1-26(2,3)19-12-13-22(21(27)15-19)33-16-24(32)29-30-25(34)28-23(31)14-11-18-9-6-8-17-7-4-5-10-20(17)18/h4-15H,16H2,1-3H3,(H,29,32)(H2,28,30,31,34)/b14-11+. The van der Waals surface area contributed by atoms with Gasteiger partial charge in [-0.1, -0.05) is 69.3 Å². The molecule has 0 saturated carbocycles. The van der Waals surface area contributed by atoms with E-state index in [2.05, 4.69) is 52.9 Å². The lowest BCUT2D eigenvalue weighted by atomic mass is 9.87. The molecule has 176 valence electrons. The molecule has 0 heterocycles. The molecule has 0 aliphatic carbocycles. The van der Waals surface area contributed by atoms with E-state index in [1.807, 2.05) is 60.7 Å². The van der Waals surface area contributed by atoms with Crippen molar-refractivity contribution >= 4 is 61.9 Å². The number of hydrogen-bond acceptors (Lipinski definition) is 4. The summed E-state index contributed by atoms with van der Waals surface area (Å²) in [6.07, 6.45) is 3.11. The molecule has 34 heavy (non-hydrogen) atoms. The maximum Gasteiger partial charge on any atom is 0.276 e. The minimum atomic E-state index is -0.449. The van der Waals surface area contributed by atoms with Crippen molar-refractivity contribution in [2.75, 3.05) is 6.61 Å². The fourth-order valence-electron chi connectivity index (χ4n) is 3.14. The van der Waals surface area contributed by atoms with Crippen molar-refractivity contribution in [3.05, 3.63) is 82.3 Å². The number of amides is 2. The quantitative estimate of drug-likeness (QED) is 0.241. The molecule has 0 saturated heterocycles. The zero-order chi connectivity index (χ0) is 24.7. The Morgan fingerprint density at radius 2 is 1.76 bits per heavy atom. The van der Waals surface area contributed by atoms with Crippen molar-refractivity contribution in [2.24, 2.45) is 0 Å². The maximum atomic E-state index is 12.2. The van der Waals surface area contributed by atoms with Crippen LogP contribution in [-0.4, -0.2) is 23.5 Å². The van der Waals surface area contributed by atoms with Gasteiger partial charge in [0.05, 0.1) is 4.47 Å². The average Bonchev–Trinajstić information content (AvgIpc) is 2.80. The molecule has 0 aliphatic heterocycles. The minimum absolute atomic E-state index is 0.00649. The van der Waals surface area contributed by atoms with Crippen molar-refractivity contribution in [1.29, 1.82) is 0 Å². The molecule has 6 nitrogen and oxygen atoms in total. The predicted octanol–water partition coefficient (Wildman–Crippen LogP) is 5.01. The molecule has 0 radical (unpaired) electrons. The third kappa shape index (κ3) is 7.13. The third-order valence-corrected chi connectivity index (χ3v) is 5.77. The second-order valence-corrected chi connectivity index (χ2v) is 9.84. The van der Waals surface area contributed by atoms with Crippen LogP contribution in [0.3, 0.4) is 0 Å². The number of halogens is 1. The first-order chi connectivity index (χ1) is 16.1. The van der Waals surface area contributed by atoms with Gasteiger partial charge in [-0.2, -0.15) is 0 Å². The SMILES string of the molecule is CC(C)(C)c1ccc(OCC(=O)NNC(=S)NC(=O)/C=C/c2cccc3ccccc23)c(Br)c1. The molecule has 0 unspecified atom stereocenters. The van der Waals surface area contributed by atoms with E-state index in [1.165, 1.54) is 6.08 Å². The van der Waals surface area contributed by atoms with Crippen LogP contribution in [0, 0.1) is 0 Å². The van der Waals surface area contributed by atoms with Gasteiger partial charge < -0.3 is 4.74 Å². The molecular weight excluding hydrogens is 514 g/mol. The van der Waals surface area contributed by atoms with Gasteiger partial charge in [0.2, 0.25) is 5.91 Å². The number of nitrogens with one attached hydrogen (secondary N) is 3. The van der Waals surface area contributed by atoms with Gasteiger partial charge in [-0.05, 0) is 73.7 Å². The summed E-state index contributed by atoms with van der Waals surface area (Å²) in [5.41, 5.74) is 6.97. The summed E-state index contributed by atoms with van der Waals surface area (Å²) in [5.74, 6) is -0.314. The molecule has 3 rings (SSSR count). The minimum Gasteiger partial charge on any atom is -0.483 e. The van der Waals surface area contributed by atoms with Crippen LogP contribution in [0.5, 0.6) is 5.75 Å². The Hall–Kier alpha value is -3.23. The van der Waals surface area contributed by atoms with Crippen molar-refractivity contribution < 1.29 is 14.3 Å². The van der Waals surface area contributed by atoms with Gasteiger partial charge in [-0.15, -0.1) is 0 Å². The highest BCUT2D eigenvalue weighted by Gasteiger charge is 2.15. The highest BCUT2D eigenvalue weighted by molar-refractivity contribution is 9.10. The van der Waals surface area contributed by atoms with Crippen LogP contribution in [0.4, 0.5) is 0 Å². The molecule has 0 fully saturated rings. The van der Waals surface area contributed by atoms with E-state index in [0.717, 1.165) is 26.4 Å². The highest BCUT2D eigenvalue weighted by Crippen LogP contribution is 2.31. The highest BCUT2D eigenvalue weighted by atomic mass is 79.9. The van der Waals surface area contributed by atoms with E-state index in [-0.39, 0.29) is 17.1 Å². The Morgan fingerprint density at radius 1 is 1.03 bits per heavy atom. The van der Waals surface area contributed by atoms with Crippen LogP contribution in [0.25, 0.3) is 16.8 Å². The molecule has 3 aromatic rings. The van der Waals surface area contributed by atoms with Gasteiger partial charge in [0.1, 0.15) is 5.75 Å². The number of thiocarbonyl (C=S) groups is 1. The fourth-order valence-corrected chi connectivity index (χ4v) is 3.78. The molecule has 3 aromatic carbocycles. The Labute approximate surface area is 212 Å². The lowest BCUT2D eigenvalue weighted by Gasteiger charge is -2.20. The Morgan fingerprint density at radius 3 is 2.50 bits per heavy atom. The summed E-state index contributed by atoms with van der Waals surface area (Å²) in [6, 6.07) is 19.5. The van der Waals surface area contributed by atoms with Crippen molar-refractivity contribution in [1.82, 2.24) is 16.2 Å². The summed E-state index contributed by atoms with van der Waals surface area (Å²) in [4.78, 5) is 24.3. The number of rotatable bonds is 5. The first-order valence-corrected chi connectivity index (χ1v) is 11.8. The second-order valence-electron chi connectivity index (χ2n) is 8.58. The third-order valence-electron chi connectivity index (χ3n) is 4.95. The lowest BCUT2D eigenvalue weighted by Crippen LogP contribution is -2.49. The molecule has 2 amide bonds. The molecule has 0 bridgehead atoms. The normalized spacial score (nSPS) is 11.3. The van der Waals surface area contributed by atoms with Crippen molar-refractivity contribution in [3.8, 4) is 5.75 Å². The number of hydrazine groups is 1. The number of benzene rings is 3. The van der Waals surface area contributed by atoms with E-state index in [1.54, 1.807) is 6.08 Å². The van der Waals surface area contributed by atoms with E-state index < -0.39 is 11.8 Å². The van der Waals surface area contributed by atoms with Crippen LogP contribution in [-0.2, 0) is 15.0 Å². The molecule has 3 N–H and O–H groups in total. The summed E-state index contributed by atoms with van der Waals surface area (Å²) in [5, 5.41) is 4.59. The maximum absolute atomic E-state index is 12.2. The molecule has 0 spiro atoms. The van der Waals surface area contributed by atoms with E-state index in [0.29, 0.717) is 5.75 Å². The Balaban J connectivity index is 1.45. The van der Waals surface area contributed by atoms with Crippen molar-refractivity contribution in [3.63, 3.8) is 0 Å². The molecule has 0 aliphatic rings. The number of ether oxygens (including phenoxy) is 1. The van der Waals surface area contributed by atoms with Gasteiger partial charge >= 0.3 is 0 Å². The predicted molar refractivity (Wildman–Crippen MR) is 143 cm³/mol. The number of fused-ring (bicyclic) bond motifs is 1. The van der Waals surface area contributed by atoms with Gasteiger partial charge in [0.25, 0.3) is 5.91 Å². The van der Waals surface area contributed by atoms with Crippen LogP contribution < -0.4 is 20.9 Å². The van der Waals surface area contributed by atoms with E-state index in [9.17, 15) is 9.59 Å². The molecule has 0 atom stereocenters. The summed E-state index contributed by atoms with van der Waals surface area (Å²) < 4.78 is 6.33. The second kappa shape index (κ2) is 11.3. The smallest absolute Gasteiger partial charge is 0.276 e. The van der Waals surface area contributed by atoms with Crippen LogP contribution >= 0.6 is 28.1 Å². The average molecular weight is 540 g/mol. The summed E-state index contributed by atoms with van der Waals surface area (Å²) in [6.45, 7) is 6.14. The fraction of sp³-hybridized carbons (Fsp3) is 0.192. The number of carbonyl (C=O) groups excluding carboxylic acids is 2. The van der Waals surface area contributed by atoms with Gasteiger partial charge in [0.15, 0.2) is 11.7 Å². The Bertz CT molecular complexity index is 1250. The van der Waals surface area contributed by atoms with Crippen LogP contribution in [0.1, 0.15) is 31.9 Å². The number of hydrogen-bond donors (Lipinski definition) is 3. The zero-order valence-electron chi connectivity index (χ0n) is 19.1. The topological polar surface area (TPSA) is 79.5 Å². The molecular formula is C26H26BrN3O3S. The van der Waals surface area contributed by atoms with Gasteiger partial charge in [0, 0.05) is 6.08 Å². The van der Waals surface area contributed by atoms with E-state index >= 15 is 0 Å². The Kier molecular flexibility index (Phi) is 8.41.